The average Bonchev–Trinajstić information content (AvgIpc) is 2.72. The predicted molar refractivity (Wildman–Crippen MR) is 105 cm³/mol. The largest absolute Gasteiger partial charge is 0.334 e. The first kappa shape index (κ1) is 18.2. The van der Waals surface area contributed by atoms with Crippen molar-refractivity contribution in [2.75, 3.05) is 0 Å². The number of hydrazine groups is 1. The maximum Gasteiger partial charge on any atom is 0.334 e. The van der Waals surface area contributed by atoms with Gasteiger partial charge in [0.15, 0.2) is 0 Å². The maximum absolute atomic E-state index is 12.4. The van der Waals surface area contributed by atoms with Gasteiger partial charge in [0.05, 0.1) is 6.04 Å². The van der Waals surface area contributed by atoms with Crippen molar-refractivity contribution in [3.8, 4) is 0 Å². The topological polar surface area (TPSA) is 70.2 Å². The molecule has 0 aliphatic heterocycles. The van der Waals surface area contributed by atoms with E-state index in [9.17, 15) is 9.59 Å². The summed E-state index contributed by atoms with van der Waals surface area (Å²) in [4.78, 5) is 24.4. The zero-order valence-corrected chi connectivity index (χ0v) is 15.0. The highest BCUT2D eigenvalue weighted by Crippen LogP contribution is 2.22. The van der Waals surface area contributed by atoms with Crippen LogP contribution in [-0.4, -0.2) is 11.9 Å². The Bertz CT molecular complexity index is 894. The van der Waals surface area contributed by atoms with Crippen LogP contribution in [0.5, 0.6) is 0 Å². The summed E-state index contributed by atoms with van der Waals surface area (Å²) >= 11 is 0. The third-order valence-corrected chi connectivity index (χ3v) is 4.14. The first-order valence-corrected chi connectivity index (χ1v) is 8.67. The van der Waals surface area contributed by atoms with Gasteiger partial charge in [-0.3, -0.25) is 10.2 Å². The van der Waals surface area contributed by atoms with Crippen LogP contribution >= 0.6 is 0 Å². The van der Waals surface area contributed by atoms with Crippen LogP contribution in [0.2, 0.25) is 0 Å². The van der Waals surface area contributed by atoms with Crippen LogP contribution in [0.15, 0.2) is 84.9 Å². The molecule has 0 saturated heterocycles. The van der Waals surface area contributed by atoms with Gasteiger partial charge in [-0.05, 0) is 30.2 Å². The fourth-order valence-electron chi connectivity index (χ4n) is 2.71. The molecular weight excluding hydrogens is 338 g/mol. The molecule has 3 rings (SSSR count). The fourth-order valence-corrected chi connectivity index (χ4v) is 2.71. The van der Waals surface area contributed by atoms with E-state index < -0.39 is 6.03 Å². The number of hydrogen-bond acceptors (Lipinski definition) is 2. The number of benzene rings is 3. The molecule has 0 fully saturated rings. The summed E-state index contributed by atoms with van der Waals surface area (Å²) in [6, 6.07) is 25.5. The Kier molecular flexibility index (Phi) is 5.84. The van der Waals surface area contributed by atoms with Gasteiger partial charge < -0.3 is 5.32 Å². The molecule has 0 saturated carbocycles. The molecule has 136 valence electrons. The van der Waals surface area contributed by atoms with Crippen LogP contribution in [0.4, 0.5) is 4.79 Å². The Hall–Kier alpha value is -3.60. The van der Waals surface area contributed by atoms with Crippen molar-refractivity contribution in [2.24, 2.45) is 0 Å². The normalized spacial score (nSPS) is 11.3. The van der Waals surface area contributed by atoms with Gasteiger partial charge in [-0.2, -0.15) is 0 Å². The first-order valence-electron chi connectivity index (χ1n) is 8.67. The van der Waals surface area contributed by atoms with Crippen molar-refractivity contribution >= 4 is 11.9 Å². The van der Waals surface area contributed by atoms with Gasteiger partial charge in [0.2, 0.25) is 0 Å². The van der Waals surface area contributed by atoms with Crippen molar-refractivity contribution in [2.45, 2.75) is 13.0 Å². The van der Waals surface area contributed by atoms with Crippen molar-refractivity contribution in [3.05, 3.63) is 107 Å². The summed E-state index contributed by atoms with van der Waals surface area (Å²) in [5.41, 5.74) is 8.34. The molecule has 3 amide bonds. The number of nitrogens with one attached hydrogen (secondary N) is 3. The van der Waals surface area contributed by atoms with Gasteiger partial charge in [0, 0.05) is 5.56 Å². The lowest BCUT2D eigenvalue weighted by Crippen LogP contribution is -2.48. The SMILES string of the molecule is Cc1ccc(C(NC(=O)NNC(=O)c2ccccc2)c2ccccc2)cc1. The number of urea groups is 1. The molecule has 3 aromatic rings. The molecule has 0 bridgehead atoms. The van der Waals surface area contributed by atoms with E-state index in [4.69, 9.17) is 0 Å². The van der Waals surface area contributed by atoms with Crippen LogP contribution in [0.25, 0.3) is 0 Å². The molecule has 0 spiro atoms. The molecule has 3 N–H and O–H groups in total. The summed E-state index contributed by atoms with van der Waals surface area (Å²) < 4.78 is 0. The van der Waals surface area contributed by atoms with E-state index in [1.807, 2.05) is 67.6 Å². The van der Waals surface area contributed by atoms with Crippen molar-refractivity contribution in [3.63, 3.8) is 0 Å². The highest BCUT2D eigenvalue weighted by Gasteiger charge is 2.17. The van der Waals surface area contributed by atoms with Gasteiger partial charge >= 0.3 is 6.03 Å². The summed E-state index contributed by atoms with van der Waals surface area (Å²) in [6.07, 6.45) is 0. The van der Waals surface area contributed by atoms with Gasteiger partial charge in [-0.15, -0.1) is 0 Å². The van der Waals surface area contributed by atoms with Gasteiger partial charge in [0.25, 0.3) is 5.91 Å². The molecule has 0 heterocycles. The number of rotatable bonds is 4. The smallest absolute Gasteiger partial charge is 0.326 e. The van der Waals surface area contributed by atoms with E-state index >= 15 is 0 Å². The zero-order chi connectivity index (χ0) is 19.1. The Morgan fingerprint density at radius 1 is 0.704 bits per heavy atom. The molecule has 5 nitrogen and oxygen atoms in total. The van der Waals surface area contributed by atoms with E-state index in [1.54, 1.807) is 24.3 Å². The van der Waals surface area contributed by atoms with Gasteiger partial charge in [0.1, 0.15) is 0 Å². The molecule has 1 atom stereocenters. The molecule has 0 aromatic heterocycles. The molecule has 5 heteroatoms. The van der Waals surface area contributed by atoms with E-state index in [0.29, 0.717) is 5.56 Å². The minimum atomic E-state index is -0.492. The quantitative estimate of drug-likeness (QED) is 0.621. The van der Waals surface area contributed by atoms with Crippen LogP contribution < -0.4 is 16.2 Å². The van der Waals surface area contributed by atoms with Crippen LogP contribution in [0, 0.1) is 6.92 Å². The maximum atomic E-state index is 12.4. The summed E-state index contributed by atoms with van der Waals surface area (Å²) in [5, 5.41) is 2.91. The second-order valence-corrected chi connectivity index (χ2v) is 6.17. The lowest BCUT2D eigenvalue weighted by Gasteiger charge is -2.20. The average molecular weight is 359 g/mol. The monoisotopic (exact) mass is 359 g/mol. The number of hydrogen-bond donors (Lipinski definition) is 3. The van der Waals surface area contributed by atoms with Crippen molar-refractivity contribution in [1.29, 1.82) is 0 Å². The highest BCUT2D eigenvalue weighted by molar-refractivity contribution is 5.95. The Labute approximate surface area is 158 Å². The Morgan fingerprint density at radius 2 is 1.26 bits per heavy atom. The minimum absolute atomic E-state index is 0.333. The second-order valence-electron chi connectivity index (χ2n) is 6.17. The lowest BCUT2D eigenvalue weighted by molar-refractivity contribution is 0.0936. The third-order valence-electron chi connectivity index (χ3n) is 4.14. The predicted octanol–water partition coefficient (Wildman–Crippen LogP) is 3.73. The summed E-state index contributed by atoms with van der Waals surface area (Å²) in [6.45, 7) is 2.01. The standard InChI is InChI=1S/C22H21N3O2/c1-16-12-14-18(15-13-16)20(17-8-4-2-5-9-17)23-22(27)25-24-21(26)19-10-6-3-7-11-19/h2-15,20H,1H3,(H,24,26)(H2,23,25,27). The Morgan fingerprint density at radius 3 is 1.89 bits per heavy atom. The number of carbonyl (C=O) groups is 2. The number of amides is 3. The minimum Gasteiger partial charge on any atom is -0.326 e. The van der Waals surface area contributed by atoms with Crippen molar-refractivity contribution < 1.29 is 9.59 Å². The van der Waals surface area contributed by atoms with Crippen molar-refractivity contribution in [1.82, 2.24) is 16.2 Å². The second kappa shape index (κ2) is 8.67. The highest BCUT2D eigenvalue weighted by atomic mass is 16.2. The van der Waals surface area contributed by atoms with E-state index in [0.717, 1.165) is 16.7 Å². The number of carbonyl (C=O) groups excluding carboxylic acids is 2. The summed E-state index contributed by atoms with van der Waals surface area (Å²) in [7, 11) is 0. The molecule has 0 aliphatic rings. The molecule has 0 radical (unpaired) electrons. The lowest BCUT2D eigenvalue weighted by atomic mass is 9.98. The van der Waals surface area contributed by atoms with Gasteiger partial charge in [-0.25, -0.2) is 10.2 Å². The first-order chi connectivity index (χ1) is 13.1. The fraction of sp³-hybridized carbons (Fsp3) is 0.0909. The van der Waals surface area contributed by atoms with Crippen LogP contribution in [-0.2, 0) is 0 Å². The van der Waals surface area contributed by atoms with Crippen LogP contribution in [0.1, 0.15) is 33.1 Å². The molecule has 3 aromatic carbocycles. The molecule has 0 aliphatic carbocycles. The van der Waals surface area contributed by atoms with E-state index in [1.165, 1.54) is 0 Å². The summed E-state index contributed by atoms with van der Waals surface area (Å²) in [5.74, 6) is -0.377. The number of aryl methyl sites for hydroxylation is 1. The molecule has 1 unspecified atom stereocenters. The van der Waals surface area contributed by atoms with E-state index in [2.05, 4.69) is 16.2 Å². The zero-order valence-electron chi connectivity index (χ0n) is 15.0. The Balaban J connectivity index is 1.69. The third kappa shape index (κ3) is 4.95. The molecular formula is C22H21N3O2. The van der Waals surface area contributed by atoms with Crippen LogP contribution in [0.3, 0.4) is 0 Å². The van der Waals surface area contributed by atoms with E-state index in [-0.39, 0.29) is 11.9 Å². The molecule has 27 heavy (non-hydrogen) atoms. The van der Waals surface area contributed by atoms with Gasteiger partial charge in [-0.1, -0.05) is 78.4 Å².